The molecule has 2 unspecified atom stereocenters. The lowest BCUT2D eigenvalue weighted by molar-refractivity contribution is 0.0109. The Morgan fingerprint density at radius 2 is 1.80 bits per heavy atom. The lowest BCUT2D eigenvalue weighted by Gasteiger charge is -2.28. The van der Waals surface area contributed by atoms with Gasteiger partial charge in [0.1, 0.15) is 0 Å². The number of hydrogen-bond donors (Lipinski definition) is 1. The molecular formula is C18H29NO. The van der Waals surface area contributed by atoms with E-state index in [1.807, 2.05) is 7.05 Å². The topological polar surface area (TPSA) is 21.3 Å². The van der Waals surface area contributed by atoms with Gasteiger partial charge in [-0.3, -0.25) is 0 Å². The average molecular weight is 275 g/mol. The van der Waals surface area contributed by atoms with Crippen LogP contribution in [-0.4, -0.2) is 19.8 Å². The van der Waals surface area contributed by atoms with Crippen molar-refractivity contribution in [1.29, 1.82) is 0 Å². The molecule has 1 saturated carbocycles. The molecule has 0 spiro atoms. The number of likely N-dealkylation sites (N-methyl/N-ethyl adjacent to an activating group) is 1. The molecule has 0 aromatic heterocycles. The van der Waals surface area contributed by atoms with Crippen molar-refractivity contribution >= 4 is 0 Å². The van der Waals surface area contributed by atoms with Crippen LogP contribution < -0.4 is 5.32 Å². The molecule has 0 heterocycles. The maximum atomic E-state index is 6.16. The van der Waals surface area contributed by atoms with E-state index in [1.165, 1.54) is 43.2 Å². The Hall–Kier alpha value is -0.860. The lowest BCUT2D eigenvalue weighted by Crippen LogP contribution is -2.31. The minimum atomic E-state index is 0.213. The van der Waals surface area contributed by atoms with Crippen molar-refractivity contribution in [1.82, 2.24) is 5.32 Å². The minimum Gasteiger partial charge on any atom is -0.376 e. The predicted octanol–water partition coefficient (Wildman–Crippen LogP) is 4.24. The van der Waals surface area contributed by atoms with Gasteiger partial charge in [0.05, 0.1) is 12.1 Å². The quantitative estimate of drug-likeness (QED) is 0.838. The molecule has 0 saturated heterocycles. The van der Waals surface area contributed by atoms with Crippen LogP contribution in [0.2, 0.25) is 0 Å². The van der Waals surface area contributed by atoms with E-state index in [9.17, 15) is 0 Å². The molecule has 2 atom stereocenters. The van der Waals surface area contributed by atoms with Crippen molar-refractivity contribution < 1.29 is 4.74 Å². The first-order chi connectivity index (χ1) is 9.70. The maximum absolute atomic E-state index is 6.16. The second kappa shape index (κ2) is 7.80. The molecule has 1 aliphatic rings. The Bertz CT molecular complexity index is 381. The van der Waals surface area contributed by atoms with Crippen LogP contribution in [-0.2, 0) is 4.74 Å². The molecule has 1 aromatic rings. The standard InChI is InChI=1S/C18H29NO/c1-14-9-11-17(12-10-14)18(19-3)15(2)20-13-16-7-5-4-6-8-16/h9-12,15-16,18-19H,4-8,13H2,1-3H3. The lowest BCUT2D eigenvalue weighted by atomic mass is 9.90. The van der Waals surface area contributed by atoms with Gasteiger partial charge in [0.15, 0.2) is 0 Å². The smallest absolute Gasteiger partial charge is 0.0741 e. The molecule has 0 bridgehead atoms. The Balaban J connectivity index is 1.87. The number of hydrogen-bond acceptors (Lipinski definition) is 2. The molecule has 112 valence electrons. The monoisotopic (exact) mass is 275 g/mol. The van der Waals surface area contributed by atoms with Crippen LogP contribution >= 0.6 is 0 Å². The number of aryl methyl sites for hydroxylation is 1. The summed E-state index contributed by atoms with van der Waals surface area (Å²) in [5.41, 5.74) is 2.62. The summed E-state index contributed by atoms with van der Waals surface area (Å²) in [5, 5.41) is 3.40. The Morgan fingerprint density at radius 3 is 2.40 bits per heavy atom. The molecular weight excluding hydrogens is 246 g/mol. The zero-order valence-corrected chi connectivity index (χ0v) is 13.2. The van der Waals surface area contributed by atoms with E-state index in [0.29, 0.717) is 0 Å². The first-order valence-corrected chi connectivity index (χ1v) is 8.06. The van der Waals surface area contributed by atoms with Crippen molar-refractivity contribution in [2.75, 3.05) is 13.7 Å². The van der Waals surface area contributed by atoms with Crippen LogP contribution in [0.15, 0.2) is 24.3 Å². The van der Waals surface area contributed by atoms with E-state index in [0.717, 1.165) is 12.5 Å². The van der Waals surface area contributed by atoms with Crippen LogP contribution in [0, 0.1) is 12.8 Å². The summed E-state index contributed by atoms with van der Waals surface area (Å²) in [4.78, 5) is 0. The highest BCUT2D eigenvalue weighted by molar-refractivity contribution is 5.24. The normalized spacial score (nSPS) is 19.8. The molecule has 0 amide bonds. The summed E-state index contributed by atoms with van der Waals surface area (Å²) in [6.07, 6.45) is 7.09. The fraction of sp³-hybridized carbons (Fsp3) is 0.667. The van der Waals surface area contributed by atoms with Gasteiger partial charge in [-0.15, -0.1) is 0 Å². The molecule has 1 N–H and O–H groups in total. The third-order valence-electron chi connectivity index (χ3n) is 4.54. The number of rotatable bonds is 6. The molecule has 0 radical (unpaired) electrons. The highest BCUT2D eigenvalue weighted by Crippen LogP contribution is 2.26. The molecule has 20 heavy (non-hydrogen) atoms. The Morgan fingerprint density at radius 1 is 1.15 bits per heavy atom. The molecule has 2 heteroatoms. The highest BCUT2D eigenvalue weighted by Gasteiger charge is 2.20. The fourth-order valence-electron chi connectivity index (χ4n) is 3.18. The van der Waals surface area contributed by atoms with E-state index in [4.69, 9.17) is 4.74 Å². The van der Waals surface area contributed by atoms with Crippen molar-refractivity contribution in [3.05, 3.63) is 35.4 Å². The Labute approximate surface area is 123 Å². The van der Waals surface area contributed by atoms with Crippen LogP contribution in [0.25, 0.3) is 0 Å². The van der Waals surface area contributed by atoms with Gasteiger partial charge in [0.25, 0.3) is 0 Å². The fourth-order valence-corrected chi connectivity index (χ4v) is 3.18. The van der Waals surface area contributed by atoms with Crippen LogP contribution in [0.3, 0.4) is 0 Å². The summed E-state index contributed by atoms with van der Waals surface area (Å²) in [5.74, 6) is 0.779. The zero-order valence-electron chi connectivity index (χ0n) is 13.2. The van der Waals surface area contributed by atoms with E-state index in [-0.39, 0.29) is 12.1 Å². The van der Waals surface area contributed by atoms with Crippen LogP contribution in [0.4, 0.5) is 0 Å². The second-order valence-corrected chi connectivity index (χ2v) is 6.22. The summed E-state index contributed by atoms with van der Waals surface area (Å²) in [7, 11) is 2.02. The number of nitrogens with one attached hydrogen (secondary N) is 1. The van der Waals surface area contributed by atoms with Crippen molar-refractivity contribution in [3.63, 3.8) is 0 Å². The van der Waals surface area contributed by atoms with Crippen molar-refractivity contribution in [2.45, 2.75) is 58.1 Å². The van der Waals surface area contributed by atoms with Crippen molar-refractivity contribution in [3.8, 4) is 0 Å². The van der Waals surface area contributed by atoms with Gasteiger partial charge in [-0.1, -0.05) is 49.1 Å². The van der Waals surface area contributed by atoms with Gasteiger partial charge in [0.2, 0.25) is 0 Å². The molecule has 1 aliphatic carbocycles. The van der Waals surface area contributed by atoms with E-state index < -0.39 is 0 Å². The zero-order chi connectivity index (χ0) is 14.4. The van der Waals surface area contributed by atoms with Crippen molar-refractivity contribution in [2.24, 2.45) is 5.92 Å². The van der Waals surface area contributed by atoms with E-state index in [1.54, 1.807) is 0 Å². The largest absolute Gasteiger partial charge is 0.376 e. The Kier molecular flexibility index (Phi) is 6.06. The number of ether oxygens (including phenoxy) is 1. The second-order valence-electron chi connectivity index (χ2n) is 6.22. The first-order valence-electron chi connectivity index (χ1n) is 8.06. The summed E-state index contributed by atoms with van der Waals surface area (Å²) >= 11 is 0. The van der Waals surface area contributed by atoms with Gasteiger partial charge in [-0.25, -0.2) is 0 Å². The van der Waals surface area contributed by atoms with Gasteiger partial charge in [-0.2, -0.15) is 0 Å². The van der Waals surface area contributed by atoms with Gasteiger partial charge in [-0.05, 0) is 45.2 Å². The van der Waals surface area contributed by atoms with E-state index >= 15 is 0 Å². The summed E-state index contributed by atoms with van der Waals surface area (Å²) in [6.45, 7) is 5.23. The molecule has 1 aromatic carbocycles. The molecule has 1 fully saturated rings. The number of benzene rings is 1. The molecule has 2 nitrogen and oxygen atoms in total. The van der Waals surface area contributed by atoms with Gasteiger partial charge < -0.3 is 10.1 Å². The molecule has 0 aliphatic heterocycles. The third-order valence-corrected chi connectivity index (χ3v) is 4.54. The predicted molar refractivity (Wildman–Crippen MR) is 85.0 cm³/mol. The van der Waals surface area contributed by atoms with Crippen LogP contribution in [0.1, 0.15) is 56.2 Å². The summed E-state index contributed by atoms with van der Waals surface area (Å²) in [6, 6.07) is 9.04. The highest BCUT2D eigenvalue weighted by atomic mass is 16.5. The SMILES string of the molecule is CNC(c1ccc(C)cc1)C(C)OCC1CCCCC1. The van der Waals surface area contributed by atoms with Crippen LogP contribution in [0.5, 0.6) is 0 Å². The third kappa shape index (κ3) is 4.32. The van der Waals surface area contributed by atoms with Gasteiger partial charge in [0, 0.05) is 6.61 Å². The van der Waals surface area contributed by atoms with E-state index in [2.05, 4.69) is 43.4 Å². The molecule has 2 rings (SSSR count). The summed E-state index contributed by atoms with van der Waals surface area (Å²) < 4.78 is 6.16. The average Bonchev–Trinajstić information content (AvgIpc) is 2.49. The van der Waals surface area contributed by atoms with Gasteiger partial charge >= 0.3 is 0 Å². The maximum Gasteiger partial charge on any atom is 0.0741 e. The first kappa shape index (κ1) is 15.5. The minimum absolute atomic E-state index is 0.213.